The third-order valence-electron chi connectivity index (χ3n) is 3.63. The lowest BCUT2D eigenvalue weighted by atomic mass is 10.2. The molecule has 1 aromatic heterocycles. The van der Waals surface area contributed by atoms with Crippen molar-refractivity contribution in [3.63, 3.8) is 0 Å². The highest BCUT2D eigenvalue weighted by molar-refractivity contribution is 5.92. The summed E-state index contributed by atoms with van der Waals surface area (Å²) in [4.78, 5) is 34.0. The predicted octanol–water partition coefficient (Wildman–Crippen LogP) is 1.39. The van der Waals surface area contributed by atoms with Crippen molar-refractivity contribution in [2.75, 3.05) is 6.54 Å². The largest absolute Gasteiger partial charge is 0.354 e. The van der Waals surface area contributed by atoms with E-state index in [4.69, 9.17) is 0 Å². The van der Waals surface area contributed by atoms with E-state index in [-0.39, 0.29) is 23.9 Å². The van der Waals surface area contributed by atoms with Crippen LogP contribution in [0.25, 0.3) is 0 Å². The molecule has 114 valence electrons. The highest BCUT2D eigenvalue weighted by Gasteiger charge is 2.33. The van der Waals surface area contributed by atoms with Crippen molar-refractivity contribution in [3.05, 3.63) is 24.3 Å². The van der Waals surface area contributed by atoms with Crippen molar-refractivity contribution in [1.29, 1.82) is 0 Å². The molecular formula is C15H22N4O2. The summed E-state index contributed by atoms with van der Waals surface area (Å²) in [6.07, 6.45) is 7.74. The van der Waals surface area contributed by atoms with Crippen LogP contribution in [0, 0.1) is 0 Å². The molecule has 0 aliphatic heterocycles. The van der Waals surface area contributed by atoms with Crippen LogP contribution in [0.15, 0.2) is 18.6 Å². The van der Waals surface area contributed by atoms with Crippen molar-refractivity contribution >= 4 is 11.8 Å². The van der Waals surface area contributed by atoms with Gasteiger partial charge in [-0.05, 0) is 26.2 Å². The summed E-state index contributed by atoms with van der Waals surface area (Å²) in [6.45, 7) is 4.43. The van der Waals surface area contributed by atoms with Crippen molar-refractivity contribution in [1.82, 2.24) is 20.2 Å². The second kappa shape index (κ2) is 7.15. The fourth-order valence-corrected chi connectivity index (χ4v) is 2.06. The number of hydrogen-bond acceptors (Lipinski definition) is 4. The number of carbonyl (C=O) groups excluding carboxylic acids is 2. The van der Waals surface area contributed by atoms with E-state index < -0.39 is 0 Å². The quantitative estimate of drug-likeness (QED) is 0.823. The molecule has 1 unspecified atom stereocenters. The van der Waals surface area contributed by atoms with Gasteiger partial charge in [-0.3, -0.25) is 14.6 Å². The Morgan fingerprint density at radius 1 is 1.43 bits per heavy atom. The van der Waals surface area contributed by atoms with Crippen LogP contribution < -0.4 is 5.32 Å². The Labute approximate surface area is 125 Å². The SMILES string of the molecule is CCC(C)NC(=O)CCN(C(=O)c1cnccn1)C1CC1. The van der Waals surface area contributed by atoms with Crippen LogP contribution in [0.3, 0.4) is 0 Å². The Bertz CT molecular complexity index is 488. The molecule has 1 aromatic rings. The second-order valence-corrected chi connectivity index (χ2v) is 5.45. The van der Waals surface area contributed by atoms with Crippen LogP contribution >= 0.6 is 0 Å². The number of carbonyl (C=O) groups is 2. The minimum atomic E-state index is -0.137. The molecule has 6 heteroatoms. The summed E-state index contributed by atoms with van der Waals surface area (Å²) < 4.78 is 0. The Kier molecular flexibility index (Phi) is 5.25. The fraction of sp³-hybridized carbons (Fsp3) is 0.600. The smallest absolute Gasteiger partial charge is 0.274 e. The second-order valence-electron chi connectivity index (χ2n) is 5.45. The summed E-state index contributed by atoms with van der Waals surface area (Å²) in [5.74, 6) is -0.149. The standard InChI is InChI=1S/C15H22N4O2/c1-3-11(2)18-14(20)6-9-19(12-4-5-12)15(21)13-10-16-7-8-17-13/h7-8,10-12H,3-6,9H2,1-2H3,(H,18,20). The molecule has 21 heavy (non-hydrogen) atoms. The predicted molar refractivity (Wildman–Crippen MR) is 78.6 cm³/mol. The van der Waals surface area contributed by atoms with E-state index in [2.05, 4.69) is 15.3 Å². The maximum atomic E-state index is 12.4. The average Bonchev–Trinajstić information content (AvgIpc) is 3.32. The summed E-state index contributed by atoms with van der Waals surface area (Å²) in [7, 11) is 0. The Balaban J connectivity index is 1.91. The molecule has 0 aromatic carbocycles. The van der Waals surface area contributed by atoms with Gasteiger partial charge in [0.2, 0.25) is 5.91 Å². The normalized spacial score (nSPS) is 15.3. The summed E-state index contributed by atoms with van der Waals surface area (Å²) >= 11 is 0. The molecule has 1 heterocycles. The van der Waals surface area contributed by atoms with E-state index in [9.17, 15) is 9.59 Å². The molecule has 2 rings (SSSR count). The van der Waals surface area contributed by atoms with Gasteiger partial charge in [0, 0.05) is 37.4 Å². The molecule has 1 aliphatic rings. The zero-order valence-electron chi connectivity index (χ0n) is 12.6. The molecule has 0 saturated heterocycles. The molecule has 1 saturated carbocycles. The first-order valence-electron chi connectivity index (χ1n) is 7.48. The third-order valence-corrected chi connectivity index (χ3v) is 3.63. The zero-order valence-corrected chi connectivity index (χ0v) is 12.6. The Morgan fingerprint density at radius 2 is 2.19 bits per heavy atom. The molecule has 1 fully saturated rings. The molecule has 1 atom stereocenters. The Morgan fingerprint density at radius 3 is 2.76 bits per heavy atom. The van der Waals surface area contributed by atoms with Gasteiger partial charge >= 0.3 is 0 Å². The molecule has 1 aliphatic carbocycles. The topological polar surface area (TPSA) is 75.2 Å². The van der Waals surface area contributed by atoms with Crippen molar-refractivity contribution in [2.24, 2.45) is 0 Å². The first-order chi connectivity index (χ1) is 10.1. The van der Waals surface area contributed by atoms with E-state index in [1.165, 1.54) is 18.6 Å². The van der Waals surface area contributed by atoms with Gasteiger partial charge in [0.1, 0.15) is 5.69 Å². The van der Waals surface area contributed by atoms with Crippen molar-refractivity contribution in [2.45, 2.75) is 51.6 Å². The number of hydrogen-bond donors (Lipinski definition) is 1. The lowest BCUT2D eigenvalue weighted by Gasteiger charge is -2.22. The van der Waals surface area contributed by atoms with Gasteiger partial charge in [0.25, 0.3) is 5.91 Å². The molecule has 1 N–H and O–H groups in total. The summed E-state index contributed by atoms with van der Waals surface area (Å²) in [5.41, 5.74) is 0.340. The van der Waals surface area contributed by atoms with Crippen LogP contribution in [0.2, 0.25) is 0 Å². The lowest BCUT2D eigenvalue weighted by Crippen LogP contribution is -2.39. The van der Waals surface area contributed by atoms with Gasteiger partial charge < -0.3 is 10.2 Å². The Hall–Kier alpha value is -1.98. The number of aromatic nitrogens is 2. The third kappa shape index (κ3) is 4.51. The van der Waals surface area contributed by atoms with Gasteiger partial charge in [-0.25, -0.2) is 4.98 Å². The number of nitrogens with one attached hydrogen (secondary N) is 1. The maximum Gasteiger partial charge on any atom is 0.274 e. The minimum Gasteiger partial charge on any atom is -0.354 e. The molecule has 0 bridgehead atoms. The average molecular weight is 290 g/mol. The van der Waals surface area contributed by atoms with Crippen LogP contribution in [0.4, 0.5) is 0 Å². The number of nitrogens with zero attached hydrogens (tertiary/aromatic N) is 3. The molecule has 0 spiro atoms. The fourth-order valence-electron chi connectivity index (χ4n) is 2.06. The van der Waals surface area contributed by atoms with E-state index in [0.29, 0.717) is 18.7 Å². The van der Waals surface area contributed by atoms with Gasteiger partial charge in [0.05, 0.1) is 6.20 Å². The maximum absolute atomic E-state index is 12.4. The van der Waals surface area contributed by atoms with Crippen molar-refractivity contribution < 1.29 is 9.59 Å². The van der Waals surface area contributed by atoms with E-state index in [0.717, 1.165) is 19.3 Å². The molecule has 0 radical (unpaired) electrons. The van der Waals surface area contributed by atoms with Crippen LogP contribution in [-0.4, -0.2) is 45.3 Å². The van der Waals surface area contributed by atoms with Crippen LogP contribution in [0.1, 0.15) is 50.0 Å². The first-order valence-corrected chi connectivity index (χ1v) is 7.48. The number of rotatable bonds is 7. The highest BCUT2D eigenvalue weighted by Crippen LogP contribution is 2.28. The van der Waals surface area contributed by atoms with Crippen LogP contribution in [-0.2, 0) is 4.79 Å². The zero-order chi connectivity index (χ0) is 15.2. The van der Waals surface area contributed by atoms with Gasteiger partial charge in [-0.15, -0.1) is 0 Å². The molecular weight excluding hydrogens is 268 g/mol. The van der Waals surface area contributed by atoms with E-state index in [1.807, 2.05) is 13.8 Å². The van der Waals surface area contributed by atoms with Gasteiger partial charge in [-0.1, -0.05) is 6.92 Å². The lowest BCUT2D eigenvalue weighted by molar-refractivity contribution is -0.121. The minimum absolute atomic E-state index is 0.0121. The van der Waals surface area contributed by atoms with Crippen molar-refractivity contribution in [3.8, 4) is 0 Å². The highest BCUT2D eigenvalue weighted by atomic mass is 16.2. The van der Waals surface area contributed by atoms with Crippen LogP contribution in [0.5, 0.6) is 0 Å². The summed E-state index contributed by atoms with van der Waals surface area (Å²) in [6, 6.07) is 0.415. The van der Waals surface area contributed by atoms with E-state index >= 15 is 0 Å². The molecule has 2 amide bonds. The van der Waals surface area contributed by atoms with E-state index in [1.54, 1.807) is 4.90 Å². The van der Waals surface area contributed by atoms with Gasteiger partial charge in [0.15, 0.2) is 0 Å². The monoisotopic (exact) mass is 290 g/mol. The molecule has 6 nitrogen and oxygen atoms in total. The number of amides is 2. The first kappa shape index (κ1) is 15.4. The van der Waals surface area contributed by atoms with Gasteiger partial charge in [-0.2, -0.15) is 0 Å². The summed E-state index contributed by atoms with van der Waals surface area (Å²) in [5, 5.41) is 2.92.